The van der Waals surface area contributed by atoms with E-state index in [2.05, 4.69) is 5.32 Å². The first-order chi connectivity index (χ1) is 7.54. The summed E-state index contributed by atoms with van der Waals surface area (Å²) >= 11 is 0. The zero-order valence-corrected chi connectivity index (χ0v) is 9.71. The number of likely N-dealkylation sites (N-methyl/N-ethyl adjacent to an activating group) is 1. The van der Waals surface area contributed by atoms with E-state index in [1.807, 2.05) is 0 Å². The molecule has 1 aromatic carbocycles. The van der Waals surface area contributed by atoms with Crippen molar-refractivity contribution >= 4 is 5.97 Å². The van der Waals surface area contributed by atoms with Gasteiger partial charge in [-0.3, -0.25) is 0 Å². The molecule has 0 saturated carbocycles. The van der Waals surface area contributed by atoms with E-state index in [0.717, 1.165) is 0 Å². The maximum atomic E-state index is 12.8. The zero-order chi connectivity index (χ0) is 12.2. The average molecular weight is 225 g/mol. The van der Waals surface area contributed by atoms with E-state index in [4.69, 9.17) is 4.74 Å². The second-order valence-electron chi connectivity index (χ2n) is 3.60. The highest BCUT2D eigenvalue weighted by Crippen LogP contribution is 2.22. The number of carbonyl (C=O) groups is 1. The Balaban J connectivity index is 3.04. The van der Waals surface area contributed by atoms with Gasteiger partial charge in [0.15, 0.2) is 0 Å². The summed E-state index contributed by atoms with van der Waals surface area (Å²) in [4.78, 5) is 11.8. The van der Waals surface area contributed by atoms with Crippen LogP contribution in [0.1, 0.15) is 19.4 Å². The average Bonchev–Trinajstić information content (AvgIpc) is 2.29. The first-order valence-electron chi connectivity index (χ1n) is 5.16. The molecule has 1 unspecified atom stereocenters. The van der Waals surface area contributed by atoms with Gasteiger partial charge in [0.25, 0.3) is 0 Å². The van der Waals surface area contributed by atoms with Gasteiger partial charge in [-0.25, -0.2) is 9.18 Å². The molecule has 1 rings (SSSR count). The molecule has 0 spiro atoms. The fourth-order valence-corrected chi connectivity index (χ4v) is 1.42. The fourth-order valence-electron chi connectivity index (χ4n) is 1.42. The van der Waals surface area contributed by atoms with Crippen molar-refractivity contribution in [2.75, 3.05) is 13.7 Å². The van der Waals surface area contributed by atoms with E-state index >= 15 is 0 Å². The Morgan fingerprint density at radius 3 is 2.44 bits per heavy atom. The molecule has 3 nitrogen and oxygen atoms in total. The second-order valence-corrected chi connectivity index (χ2v) is 3.60. The third-order valence-electron chi connectivity index (χ3n) is 2.61. The number of halogens is 1. The number of carbonyl (C=O) groups excluding carboxylic acids is 1. The molecule has 1 N–H and O–H groups in total. The lowest BCUT2D eigenvalue weighted by atomic mass is 9.92. The Kier molecular flexibility index (Phi) is 4.01. The molecule has 0 amide bonds. The van der Waals surface area contributed by atoms with Crippen LogP contribution in [0.2, 0.25) is 0 Å². The Labute approximate surface area is 94.6 Å². The van der Waals surface area contributed by atoms with Crippen LogP contribution < -0.4 is 5.32 Å². The van der Waals surface area contributed by atoms with Gasteiger partial charge >= 0.3 is 5.97 Å². The maximum Gasteiger partial charge on any atom is 0.330 e. The van der Waals surface area contributed by atoms with E-state index in [1.54, 1.807) is 33.0 Å². The summed E-state index contributed by atoms with van der Waals surface area (Å²) < 4.78 is 17.8. The molecular weight excluding hydrogens is 209 g/mol. The van der Waals surface area contributed by atoms with Crippen molar-refractivity contribution in [2.24, 2.45) is 0 Å². The molecule has 0 saturated heterocycles. The van der Waals surface area contributed by atoms with Crippen molar-refractivity contribution in [1.82, 2.24) is 5.32 Å². The second kappa shape index (κ2) is 5.07. The molecule has 1 atom stereocenters. The molecule has 88 valence electrons. The van der Waals surface area contributed by atoms with Gasteiger partial charge in [0, 0.05) is 0 Å². The number of rotatable bonds is 4. The number of benzene rings is 1. The Morgan fingerprint density at radius 2 is 2.00 bits per heavy atom. The van der Waals surface area contributed by atoms with Crippen LogP contribution >= 0.6 is 0 Å². The van der Waals surface area contributed by atoms with Gasteiger partial charge in [0.2, 0.25) is 0 Å². The maximum absolute atomic E-state index is 12.8. The van der Waals surface area contributed by atoms with E-state index in [9.17, 15) is 9.18 Å². The summed E-state index contributed by atoms with van der Waals surface area (Å²) in [7, 11) is 1.67. The monoisotopic (exact) mass is 225 g/mol. The zero-order valence-electron chi connectivity index (χ0n) is 9.71. The Hall–Kier alpha value is -1.42. The van der Waals surface area contributed by atoms with Gasteiger partial charge in [-0.05, 0) is 38.6 Å². The topological polar surface area (TPSA) is 38.3 Å². The summed E-state index contributed by atoms with van der Waals surface area (Å²) in [5, 5.41) is 2.90. The summed E-state index contributed by atoms with van der Waals surface area (Å²) in [6.07, 6.45) is 0. The molecule has 0 bridgehead atoms. The minimum Gasteiger partial charge on any atom is -0.464 e. The van der Waals surface area contributed by atoms with Gasteiger partial charge in [0.1, 0.15) is 11.4 Å². The van der Waals surface area contributed by atoms with Crippen LogP contribution in [0.25, 0.3) is 0 Å². The number of hydrogen-bond donors (Lipinski definition) is 1. The van der Waals surface area contributed by atoms with E-state index in [0.29, 0.717) is 12.2 Å². The molecule has 0 aromatic heterocycles. The quantitative estimate of drug-likeness (QED) is 0.794. The van der Waals surface area contributed by atoms with Crippen LogP contribution in [0.5, 0.6) is 0 Å². The van der Waals surface area contributed by atoms with E-state index in [1.165, 1.54) is 12.1 Å². The molecule has 0 fully saturated rings. The summed E-state index contributed by atoms with van der Waals surface area (Å²) in [5.74, 6) is -0.699. The van der Waals surface area contributed by atoms with Crippen LogP contribution in [0.3, 0.4) is 0 Å². The predicted octanol–water partition coefficient (Wildman–Crippen LogP) is 1.82. The van der Waals surface area contributed by atoms with Gasteiger partial charge < -0.3 is 10.1 Å². The molecule has 0 aliphatic rings. The summed E-state index contributed by atoms with van der Waals surface area (Å²) in [5.41, 5.74) is -0.265. The van der Waals surface area contributed by atoms with Crippen LogP contribution in [0.15, 0.2) is 24.3 Å². The van der Waals surface area contributed by atoms with Crippen LogP contribution in [0, 0.1) is 5.82 Å². The van der Waals surface area contributed by atoms with Crippen molar-refractivity contribution in [3.8, 4) is 0 Å². The molecule has 16 heavy (non-hydrogen) atoms. The molecule has 1 aromatic rings. The Morgan fingerprint density at radius 1 is 1.44 bits per heavy atom. The standard InChI is InChI=1S/C12H16FNO2/c1-4-16-11(15)12(2,14-3)9-5-7-10(13)8-6-9/h5-8,14H,4H2,1-3H3. The molecule has 0 heterocycles. The lowest BCUT2D eigenvalue weighted by Crippen LogP contribution is -2.45. The van der Waals surface area contributed by atoms with Crippen LogP contribution in [-0.2, 0) is 15.1 Å². The Bertz CT molecular complexity index is 364. The molecule has 0 radical (unpaired) electrons. The third kappa shape index (κ3) is 2.39. The van der Waals surface area contributed by atoms with Gasteiger partial charge in [-0.1, -0.05) is 12.1 Å². The number of nitrogens with one attached hydrogen (secondary N) is 1. The predicted molar refractivity (Wildman–Crippen MR) is 59.4 cm³/mol. The van der Waals surface area contributed by atoms with Crippen molar-refractivity contribution in [1.29, 1.82) is 0 Å². The van der Waals surface area contributed by atoms with Gasteiger partial charge in [0.05, 0.1) is 6.61 Å². The third-order valence-corrected chi connectivity index (χ3v) is 2.61. The lowest BCUT2D eigenvalue weighted by Gasteiger charge is -2.27. The minimum absolute atomic E-state index is 0.317. The SMILES string of the molecule is CCOC(=O)C(C)(NC)c1ccc(F)cc1. The van der Waals surface area contributed by atoms with Crippen molar-refractivity contribution < 1.29 is 13.9 Å². The van der Waals surface area contributed by atoms with E-state index in [-0.39, 0.29) is 11.8 Å². The van der Waals surface area contributed by atoms with E-state index < -0.39 is 5.54 Å². The van der Waals surface area contributed by atoms with Gasteiger partial charge in [-0.15, -0.1) is 0 Å². The summed E-state index contributed by atoms with van der Waals surface area (Å²) in [6, 6.07) is 5.79. The molecule has 4 heteroatoms. The first kappa shape index (κ1) is 12.6. The van der Waals surface area contributed by atoms with Crippen LogP contribution in [-0.4, -0.2) is 19.6 Å². The van der Waals surface area contributed by atoms with Crippen molar-refractivity contribution in [3.63, 3.8) is 0 Å². The smallest absolute Gasteiger partial charge is 0.330 e. The largest absolute Gasteiger partial charge is 0.464 e. The number of esters is 1. The normalized spacial score (nSPS) is 14.2. The highest BCUT2D eigenvalue weighted by molar-refractivity contribution is 5.82. The minimum atomic E-state index is -0.941. The summed E-state index contributed by atoms with van der Waals surface area (Å²) in [6.45, 7) is 3.77. The molecule has 0 aliphatic carbocycles. The molecular formula is C12H16FNO2. The highest BCUT2D eigenvalue weighted by atomic mass is 19.1. The van der Waals surface area contributed by atoms with Crippen molar-refractivity contribution in [3.05, 3.63) is 35.6 Å². The van der Waals surface area contributed by atoms with Gasteiger partial charge in [-0.2, -0.15) is 0 Å². The van der Waals surface area contributed by atoms with Crippen LogP contribution in [0.4, 0.5) is 4.39 Å². The lowest BCUT2D eigenvalue weighted by molar-refractivity contribution is -0.150. The highest BCUT2D eigenvalue weighted by Gasteiger charge is 2.34. The first-order valence-corrected chi connectivity index (χ1v) is 5.16. The number of ether oxygens (including phenoxy) is 1. The fraction of sp³-hybridized carbons (Fsp3) is 0.417. The van der Waals surface area contributed by atoms with Crippen molar-refractivity contribution in [2.45, 2.75) is 19.4 Å². The number of hydrogen-bond acceptors (Lipinski definition) is 3. The molecule has 0 aliphatic heterocycles.